The molecule has 0 radical (unpaired) electrons. The van der Waals surface area contributed by atoms with Crippen LogP contribution in [0.25, 0.3) is 0 Å². The fraction of sp³-hybridized carbons (Fsp3) is 0.625. The fourth-order valence-electron chi connectivity index (χ4n) is 2.19. The van der Waals surface area contributed by atoms with Crippen LogP contribution in [-0.2, 0) is 22.3 Å². The first kappa shape index (κ1) is 18.1. The van der Waals surface area contributed by atoms with Crippen LogP contribution in [0, 0.1) is 5.41 Å². The summed E-state index contributed by atoms with van der Waals surface area (Å²) in [6, 6.07) is 7.77. The van der Waals surface area contributed by atoms with Gasteiger partial charge in [0.25, 0.3) is 0 Å². The first-order valence-corrected chi connectivity index (χ1v) is 8.97. The van der Waals surface area contributed by atoms with E-state index in [1.807, 2.05) is 45.0 Å². The van der Waals surface area contributed by atoms with Crippen molar-refractivity contribution in [1.82, 2.24) is 9.62 Å². The van der Waals surface area contributed by atoms with E-state index in [1.54, 1.807) is 7.05 Å². The average molecular weight is 312 g/mol. The van der Waals surface area contributed by atoms with E-state index in [4.69, 9.17) is 0 Å². The third kappa shape index (κ3) is 6.59. The van der Waals surface area contributed by atoms with Crippen LogP contribution in [-0.4, -0.2) is 32.9 Å². The van der Waals surface area contributed by atoms with E-state index in [0.717, 1.165) is 24.2 Å². The van der Waals surface area contributed by atoms with Crippen LogP contribution >= 0.6 is 0 Å². The van der Waals surface area contributed by atoms with Gasteiger partial charge in [-0.25, -0.2) is 12.7 Å². The Kier molecular flexibility index (Phi) is 6.38. The number of sulfonamides is 1. The Labute approximate surface area is 129 Å². The molecular formula is C16H28N2O2S. The zero-order chi connectivity index (χ0) is 16.1. The highest BCUT2D eigenvalue weighted by molar-refractivity contribution is 7.88. The maximum atomic E-state index is 12.4. The zero-order valence-corrected chi connectivity index (χ0v) is 14.6. The van der Waals surface area contributed by atoms with Gasteiger partial charge in [0.2, 0.25) is 10.0 Å². The third-order valence-electron chi connectivity index (χ3n) is 3.09. The molecule has 0 aliphatic rings. The van der Waals surface area contributed by atoms with Gasteiger partial charge in [-0.3, -0.25) is 0 Å². The number of nitrogens with one attached hydrogen (secondary N) is 1. The number of rotatable bonds is 7. The Morgan fingerprint density at radius 2 is 1.81 bits per heavy atom. The van der Waals surface area contributed by atoms with Crippen molar-refractivity contribution in [3.63, 3.8) is 0 Å². The van der Waals surface area contributed by atoms with Crippen molar-refractivity contribution in [3.8, 4) is 0 Å². The molecule has 0 atom stereocenters. The minimum atomic E-state index is -3.27. The second-order valence-corrected chi connectivity index (χ2v) is 8.75. The summed E-state index contributed by atoms with van der Waals surface area (Å²) in [6.07, 6.45) is 0. The number of benzene rings is 1. The summed E-state index contributed by atoms with van der Waals surface area (Å²) in [6.45, 7) is 10.4. The third-order valence-corrected chi connectivity index (χ3v) is 4.87. The molecule has 1 aromatic rings. The van der Waals surface area contributed by atoms with Crippen LogP contribution in [0.3, 0.4) is 0 Å². The molecule has 21 heavy (non-hydrogen) atoms. The van der Waals surface area contributed by atoms with Gasteiger partial charge in [-0.1, -0.05) is 52.0 Å². The largest absolute Gasteiger partial charge is 0.313 e. The van der Waals surface area contributed by atoms with E-state index < -0.39 is 10.0 Å². The topological polar surface area (TPSA) is 49.4 Å². The first-order chi connectivity index (χ1) is 9.64. The van der Waals surface area contributed by atoms with Gasteiger partial charge in [0.1, 0.15) is 0 Å². The lowest BCUT2D eigenvalue weighted by atomic mass is 9.97. The zero-order valence-electron chi connectivity index (χ0n) is 13.8. The molecule has 120 valence electrons. The second-order valence-electron chi connectivity index (χ2n) is 6.67. The SMILES string of the molecule is CCNCc1cccc(CS(=O)(=O)N(C)CC(C)(C)C)c1. The molecule has 0 heterocycles. The molecule has 0 amide bonds. The lowest BCUT2D eigenvalue weighted by Crippen LogP contribution is -2.35. The van der Waals surface area contributed by atoms with Gasteiger partial charge in [0.05, 0.1) is 5.75 Å². The van der Waals surface area contributed by atoms with Crippen molar-refractivity contribution in [2.45, 2.75) is 40.0 Å². The summed E-state index contributed by atoms with van der Waals surface area (Å²) < 4.78 is 26.3. The molecule has 4 nitrogen and oxygen atoms in total. The lowest BCUT2D eigenvalue weighted by Gasteiger charge is -2.26. The van der Waals surface area contributed by atoms with Crippen LogP contribution in [0.2, 0.25) is 0 Å². The van der Waals surface area contributed by atoms with Crippen LogP contribution in [0.1, 0.15) is 38.8 Å². The van der Waals surface area contributed by atoms with Crippen molar-refractivity contribution in [2.75, 3.05) is 20.1 Å². The summed E-state index contributed by atoms with van der Waals surface area (Å²) in [4.78, 5) is 0. The molecule has 0 saturated carbocycles. The van der Waals surface area contributed by atoms with Crippen LogP contribution in [0.5, 0.6) is 0 Å². The molecule has 0 fully saturated rings. The number of hydrogen-bond donors (Lipinski definition) is 1. The van der Waals surface area contributed by atoms with E-state index in [0.29, 0.717) is 6.54 Å². The normalized spacial score (nSPS) is 12.9. The highest BCUT2D eigenvalue weighted by Crippen LogP contribution is 2.18. The fourth-order valence-corrected chi connectivity index (χ4v) is 3.59. The molecule has 0 unspecified atom stereocenters. The minimum Gasteiger partial charge on any atom is -0.313 e. The second kappa shape index (κ2) is 7.38. The van der Waals surface area contributed by atoms with E-state index in [2.05, 4.69) is 12.2 Å². The first-order valence-electron chi connectivity index (χ1n) is 7.36. The van der Waals surface area contributed by atoms with Crippen LogP contribution in [0.4, 0.5) is 0 Å². The molecule has 5 heteroatoms. The summed E-state index contributed by atoms with van der Waals surface area (Å²) in [7, 11) is -1.62. The molecule has 0 bridgehead atoms. The predicted molar refractivity (Wildman–Crippen MR) is 88.5 cm³/mol. The Bertz CT molecular complexity index is 548. The molecule has 1 N–H and O–H groups in total. The average Bonchev–Trinajstić information content (AvgIpc) is 2.34. The van der Waals surface area contributed by atoms with Crippen LogP contribution < -0.4 is 5.32 Å². The van der Waals surface area contributed by atoms with Gasteiger partial charge in [-0.2, -0.15) is 0 Å². The maximum Gasteiger partial charge on any atom is 0.218 e. The van der Waals surface area contributed by atoms with Gasteiger partial charge >= 0.3 is 0 Å². The van der Waals surface area contributed by atoms with Crippen molar-refractivity contribution < 1.29 is 8.42 Å². The highest BCUT2D eigenvalue weighted by Gasteiger charge is 2.23. The maximum absolute atomic E-state index is 12.4. The summed E-state index contributed by atoms with van der Waals surface area (Å²) in [5.41, 5.74) is 1.91. The summed E-state index contributed by atoms with van der Waals surface area (Å²) in [5.74, 6) is 0.0551. The van der Waals surface area contributed by atoms with E-state index >= 15 is 0 Å². The smallest absolute Gasteiger partial charge is 0.218 e. The molecule has 0 aliphatic heterocycles. The molecule has 0 aliphatic carbocycles. The lowest BCUT2D eigenvalue weighted by molar-refractivity contribution is 0.310. The quantitative estimate of drug-likeness (QED) is 0.842. The predicted octanol–water partition coefficient (Wildman–Crippen LogP) is 2.60. The molecule has 1 rings (SSSR count). The van der Waals surface area contributed by atoms with Crippen molar-refractivity contribution in [3.05, 3.63) is 35.4 Å². The van der Waals surface area contributed by atoms with E-state index in [1.165, 1.54) is 4.31 Å². The van der Waals surface area contributed by atoms with Crippen molar-refractivity contribution in [1.29, 1.82) is 0 Å². The molecule has 1 aromatic carbocycles. The molecular weight excluding hydrogens is 284 g/mol. The van der Waals surface area contributed by atoms with E-state index in [-0.39, 0.29) is 11.2 Å². The van der Waals surface area contributed by atoms with Gasteiger partial charge < -0.3 is 5.32 Å². The molecule has 0 spiro atoms. The molecule has 0 aromatic heterocycles. The van der Waals surface area contributed by atoms with Gasteiger partial charge in [0.15, 0.2) is 0 Å². The summed E-state index contributed by atoms with van der Waals surface area (Å²) >= 11 is 0. The number of hydrogen-bond acceptors (Lipinski definition) is 3. The van der Waals surface area contributed by atoms with Gasteiger partial charge in [-0.15, -0.1) is 0 Å². The Balaban J connectivity index is 2.79. The van der Waals surface area contributed by atoms with Crippen LogP contribution in [0.15, 0.2) is 24.3 Å². The van der Waals surface area contributed by atoms with Gasteiger partial charge in [0, 0.05) is 20.1 Å². The Morgan fingerprint density at radius 3 is 2.38 bits per heavy atom. The van der Waals surface area contributed by atoms with Crippen molar-refractivity contribution in [2.24, 2.45) is 5.41 Å². The highest BCUT2D eigenvalue weighted by atomic mass is 32.2. The molecule has 0 saturated heterocycles. The number of nitrogens with zero attached hydrogens (tertiary/aromatic N) is 1. The standard InChI is InChI=1S/C16H28N2O2S/c1-6-17-11-14-8-7-9-15(10-14)12-21(19,20)18(5)13-16(2,3)4/h7-10,17H,6,11-13H2,1-5H3. The Hall–Kier alpha value is -0.910. The monoisotopic (exact) mass is 312 g/mol. The van der Waals surface area contributed by atoms with E-state index in [9.17, 15) is 8.42 Å². The van der Waals surface area contributed by atoms with Gasteiger partial charge in [-0.05, 0) is 23.1 Å². The Morgan fingerprint density at radius 1 is 1.19 bits per heavy atom. The summed E-state index contributed by atoms with van der Waals surface area (Å²) in [5, 5.41) is 3.25. The minimum absolute atomic E-state index is 0.0469. The van der Waals surface area contributed by atoms with Crippen molar-refractivity contribution >= 4 is 10.0 Å².